The molecule has 2 rings (SSSR count). The Hall–Kier alpha value is -1.43. The average molecular weight is 253 g/mol. The van der Waals surface area contributed by atoms with E-state index in [4.69, 9.17) is 0 Å². The lowest BCUT2D eigenvalue weighted by atomic mass is 9.81. The Kier molecular flexibility index (Phi) is 3.65. The van der Waals surface area contributed by atoms with E-state index in [-0.39, 0.29) is 18.2 Å². The highest BCUT2D eigenvalue weighted by atomic mass is 16.2. The molecule has 2 unspecified atom stereocenters. The van der Waals surface area contributed by atoms with E-state index >= 15 is 0 Å². The summed E-state index contributed by atoms with van der Waals surface area (Å²) in [5.74, 6) is -0.771. The summed E-state index contributed by atoms with van der Waals surface area (Å²) >= 11 is 0. The molecule has 2 saturated heterocycles. The highest BCUT2D eigenvalue weighted by Crippen LogP contribution is 2.26. The third-order valence-electron chi connectivity index (χ3n) is 3.69. The monoisotopic (exact) mass is 253 g/mol. The first kappa shape index (κ1) is 13.0. The molecule has 3 N–H and O–H groups in total. The van der Waals surface area contributed by atoms with Gasteiger partial charge >= 0.3 is 0 Å². The van der Waals surface area contributed by atoms with Crippen molar-refractivity contribution in [2.45, 2.75) is 38.6 Å². The van der Waals surface area contributed by atoms with Crippen LogP contribution < -0.4 is 16.0 Å². The van der Waals surface area contributed by atoms with E-state index in [0.717, 1.165) is 19.4 Å². The van der Waals surface area contributed by atoms with Crippen LogP contribution in [0.25, 0.3) is 0 Å². The van der Waals surface area contributed by atoms with Gasteiger partial charge in [-0.25, -0.2) is 0 Å². The number of amides is 3. The second kappa shape index (κ2) is 5.06. The number of piperidine rings is 2. The number of carbonyl (C=O) groups excluding carboxylic acids is 3. The lowest BCUT2D eigenvalue weighted by Crippen LogP contribution is -2.57. The van der Waals surface area contributed by atoms with Crippen LogP contribution in [0.5, 0.6) is 0 Å². The lowest BCUT2D eigenvalue weighted by molar-refractivity contribution is -0.140. The molecule has 2 heterocycles. The molecule has 0 saturated carbocycles. The van der Waals surface area contributed by atoms with Gasteiger partial charge in [0.05, 0.1) is 5.41 Å². The third-order valence-corrected chi connectivity index (χ3v) is 3.69. The molecule has 0 aromatic carbocycles. The largest absolute Gasteiger partial charge is 0.344 e. The summed E-state index contributed by atoms with van der Waals surface area (Å²) in [6.07, 6.45) is 2.45. The van der Waals surface area contributed by atoms with E-state index in [2.05, 4.69) is 16.0 Å². The molecule has 100 valence electrons. The molecule has 0 bridgehead atoms. The zero-order valence-electron chi connectivity index (χ0n) is 10.5. The molecule has 3 amide bonds. The molecule has 0 aliphatic carbocycles. The van der Waals surface area contributed by atoms with Crippen LogP contribution in [-0.2, 0) is 14.4 Å². The first-order valence-corrected chi connectivity index (χ1v) is 6.37. The van der Waals surface area contributed by atoms with Gasteiger partial charge in [-0.1, -0.05) is 0 Å². The van der Waals surface area contributed by atoms with Gasteiger partial charge in [-0.2, -0.15) is 0 Å². The van der Waals surface area contributed by atoms with Crippen LogP contribution in [-0.4, -0.2) is 36.9 Å². The van der Waals surface area contributed by atoms with E-state index in [1.165, 1.54) is 0 Å². The first-order chi connectivity index (χ1) is 8.51. The van der Waals surface area contributed by atoms with Crippen molar-refractivity contribution < 1.29 is 14.4 Å². The third kappa shape index (κ3) is 2.69. The van der Waals surface area contributed by atoms with Crippen molar-refractivity contribution >= 4 is 17.7 Å². The van der Waals surface area contributed by atoms with Crippen molar-refractivity contribution in [1.29, 1.82) is 0 Å². The number of hydrogen-bond acceptors (Lipinski definition) is 4. The lowest BCUT2D eigenvalue weighted by Gasteiger charge is -2.34. The van der Waals surface area contributed by atoms with Gasteiger partial charge in [0.25, 0.3) is 0 Å². The highest BCUT2D eigenvalue weighted by molar-refractivity contribution is 6.02. The smallest absolute Gasteiger partial charge is 0.249 e. The fourth-order valence-electron chi connectivity index (χ4n) is 2.41. The van der Waals surface area contributed by atoms with Crippen LogP contribution in [0.1, 0.15) is 32.6 Å². The summed E-state index contributed by atoms with van der Waals surface area (Å²) in [6.45, 7) is 3.47. The Bertz CT molecular complexity index is 375. The number of imide groups is 1. The minimum absolute atomic E-state index is 0.107. The van der Waals surface area contributed by atoms with Crippen LogP contribution >= 0.6 is 0 Å². The van der Waals surface area contributed by atoms with Gasteiger partial charge in [0.1, 0.15) is 6.04 Å². The molecule has 0 aromatic heterocycles. The maximum Gasteiger partial charge on any atom is 0.249 e. The minimum atomic E-state index is -0.575. The van der Waals surface area contributed by atoms with Gasteiger partial charge in [-0.05, 0) is 32.7 Å². The molecule has 2 aliphatic rings. The zero-order valence-corrected chi connectivity index (χ0v) is 10.5. The number of carbonyl (C=O) groups is 3. The van der Waals surface area contributed by atoms with Crippen molar-refractivity contribution in [3.8, 4) is 0 Å². The van der Waals surface area contributed by atoms with Gasteiger partial charge in [-0.3, -0.25) is 19.7 Å². The van der Waals surface area contributed by atoms with E-state index in [9.17, 15) is 14.4 Å². The summed E-state index contributed by atoms with van der Waals surface area (Å²) in [4.78, 5) is 34.8. The van der Waals surface area contributed by atoms with Crippen molar-refractivity contribution in [1.82, 2.24) is 16.0 Å². The van der Waals surface area contributed by atoms with E-state index in [1.807, 2.05) is 6.92 Å². The zero-order chi connectivity index (χ0) is 13.2. The maximum absolute atomic E-state index is 12.2. The Labute approximate surface area is 106 Å². The molecule has 6 nitrogen and oxygen atoms in total. The topological polar surface area (TPSA) is 87.3 Å². The molecule has 0 spiro atoms. The van der Waals surface area contributed by atoms with Gasteiger partial charge in [-0.15, -0.1) is 0 Å². The fourth-order valence-corrected chi connectivity index (χ4v) is 2.41. The SMILES string of the molecule is CC1(C(=O)NC2CCC(=O)NC2=O)CCCNC1. The van der Waals surface area contributed by atoms with Gasteiger partial charge in [0.15, 0.2) is 0 Å². The van der Waals surface area contributed by atoms with Gasteiger partial charge < -0.3 is 10.6 Å². The summed E-state index contributed by atoms with van der Waals surface area (Å²) in [5.41, 5.74) is -0.458. The number of nitrogens with one attached hydrogen (secondary N) is 3. The Balaban J connectivity index is 1.94. The van der Waals surface area contributed by atoms with E-state index < -0.39 is 17.4 Å². The second-order valence-electron chi connectivity index (χ2n) is 5.32. The van der Waals surface area contributed by atoms with Crippen LogP contribution in [0.3, 0.4) is 0 Å². The normalized spacial score (nSPS) is 32.8. The fraction of sp³-hybridized carbons (Fsp3) is 0.750. The van der Waals surface area contributed by atoms with Crippen LogP contribution in [0.4, 0.5) is 0 Å². The van der Waals surface area contributed by atoms with Crippen LogP contribution in [0.2, 0.25) is 0 Å². The quantitative estimate of drug-likeness (QED) is 0.568. The molecule has 2 atom stereocenters. The highest BCUT2D eigenvalue weighted by Gasteiger charge is 2.37. The van der Waals surface area contributed by atoms with Crippen LogP contribution in [0, 0.1) is 5.41 Å². The number of hydrogen-bond donors (Lipinski definition) is 3. The molecular formula is C12H19N3O3. The Morgan fingerprint density at radius 2 is 2.22 bits per heavy atom. The molecular weight excluding hydrogens is 234 g/mol. The molecule has 0 radical (unpaired) electrons. The molecule has 18 heavy (non-hydrogen) atoms. The molecule has 6 heteroatoms. The number of rotatable bonds is 2. The van der Waals surface area contributed by atoms with Crippen LogP contribution in [0.15, 0.2) is 0 Å². The van der Waals surface area contributed by atoms with Gasteiger partial charge in [0.2, 0.25) is 17.7 Å². The Morgan fingerprint density at radius 1 is 1.44 bits per heavy atom. The maximum atomic E-state index is 12.2. The summed E-state index contributed by atoms with van der Waals surface area (Å²) < 4.78 is 0. The van der Waals surface area contributed by atoms with Crippen molar-refractivity contribution in [2.75, 3.05) is 13.1 Å². The van der Waals surface area contributed by atoms with E-state index in [1.54, 1.807) is 0 Å². The standard InChI is InChI=1S/C12H19N3O3/c1-12(5-2-6-13-7-12)11(18)14-8-3-4-9(16)15-10(8)17/h8,13H,2-7H2,1H3,(H,14,18)(H,15,16,17). The van der Waals surface area contributed by atoms with Crippen molar-refractivity contribution in [2.24, 2.45) is 5.41 Å². The molecule has 0 aromatic rings. The first-order valence-electron chi connectivity index (χ1n) is 6.37. The average Bonchev–Trinajstić information content (AvgIpc) is 2.33. The second-order valence-corrected chi connectivity index (χ2v) is 5.32. The summed E-state index contributed by atoms with van der Waals surface area (Å²) in [6, 6.07) is -0.575. The van der Waals surface area contributed by atoms with Gasteiger partial charge in [0, 0.05) is 13.0 Å². The molecule has 2 aliphatic heterocycles. The van der Waals surface area contributed by atoms with Crippen molar-refractivity contribution in [3.63, 3.8) is 0 Å². The predicted octanol–water partition coefficient (Wildman–Crippen LogP) is -0.702. The van der Waals surface area contributed by atoms with E-state index in [0.29, 0.717) is 13.0 Å². The minimum Gasteiger partial charge on any atom is -0.344 e. The van der Waals surface area contributed by atoms with Crippen molar-refractivity contribution in [3.05, 3.63) is 0 Å². The predicted molar refractivity (Wildman–Crippen MR) is 64.5 cm³/mol. The Morgan fingerprint density at radius 3 is 2.83 bits per heavy atom. The summed E-state index contributed by atoms with van der Waals surface area (Å²) in [7, 11) is 0. The molecule has 2 fully saturated rings. The summed E-state index contributed by atoms with van der Waals surface area (Å²) in [5, 5.41) is 8.19.